The van der Waals surface area contributed by atoms with Gasteiger partial charge in [-0.25, -0.2) is 4.79 Å². The van der Waals surface area contributed by atoms with Crippen LogP contribution in [0.3, 0.4) is 0 Å². The maximum Gasteiger partial charge on any atom is 0.338 e. The highest BCUT2D eigenvalue weighted by atomic mass is 32.1. The first kappa shape index (κ1) is 15.1. The van der Waals surface area contributed by atoms with E-state index in [0.717, 1.165) is 4.88 Å². The van der Waals surface area contributed by atoms with Crippen molar-refractivity contribution in [2.45, 2.75) is 5.92 Å². The maximum atomic E-state index is 12.1. The third-order valence-electron chi connectivity index (χ3n) is 3.01. The van der Waals surface area contributed by atoms with Crippen LogP contribution in [0.4, 0.5) is 0 Å². The Bertz CT molecular complexity index is 640. The van der Waals surface area contributed by atoms with Crippen LogP contribution in [0.2, 0.25) is 0 Å². The standard InChI is InChI=1S/C14H14N2O4S/c1-18-7-9-12(14(17)19-2)11(10-4-3-5-21-10)8(6-15)13(16)20-9/h3-5,11H,7,16H2,1-2H3/t11-/m1/s1. The van der Waals surface area contributed by atoms with Gasteiger partial charge in [-0.2, -0.15) is 5.26 Å². The molecule has 0 fully saturated rings. The number of thiophene rings is 1. The second-order valence-corrected chi connectivity index (χ2v) is 5.18. The Morgan fingerprint density at radius 2 is 2.33 bits per heavy atom. The zero-order valence-electron chi connectivity index (χ0n) is 11.6. The molecule has 21 heavy (non-hydrogen) atoms. The molecule has 0 unspecified atom stereocenters. The lowest BCUT2D eigenvalue weighted by atomic mass is 9.87. The van der Waals surface area contributed by atoms with Crippen molar-refractivity contribution in [1.29, 1.82) is 5.26 Å². The van der Waals surface area contributed by atoms with Crippen LogP contribution < -0.4 is 5.73 Å². The largest absolute Gasteiger partial charge is 0.466 e. The van der Waals surface area contributed by atoms with Crippen LogP contribution in [0.1, 0.15) is 10.8 Å². The molecule has 110 valence electrons. The van der Waals surface area contributed by atoms with Gasteiger partial charge in [0.05, 0.1) is 18.6 Å². The second kappa shape index (κ2) is 6.43. The van der Waals surface area contributed by atoms with Gasteiger partial charge in [0.1, 0.15) is 24.0 Å². The maximum absolute atomic E-state index is 12.1. The zero-order chi connectivity index (χ0) is 15.4. The topological polar surface area (TPSA) is 94.6 Å². The lowest BCUT2D eigenvalue weighted by molar-refractivity contribution is -0.136. The Balaban J connectivity index is 2.62. The molecule has 0 radical (unpaired) electrons. The van der Waals surface area contributed by atoms with E-state index in [1.165, 1.54) is 25.6 Å². The highest BCUT2D eigenvalue weighted by molar-refractivity contribution is 7.10. The highest BCUT2D eigenvalue weighted by Crippen LogP contribution is 2.41. The Hall–Kier alpha value is -2.30. The van der Waals surface area contributed by atoms with E-state index in [-0.39, 0.29) is 29.4 Å². The molecule has 0 saturated heterocycles. The van der Waals surface area contributed by atoms with Crippen LogP contribution in [0, 0.1) is 11.3 Å². The highest BCUT2D eigenvalue weighted by Gasteiger charge is 2.37. The molecule has 2 rings (SSSR count). The summed E-state index contributed by atoms with van der Waals surface area (Å²) in [6, 6.07) is 5.69. The van der Waals surface area contributed by atoms with Crippen molar-refractivity contribution < 1.29 is 19.0 Å². The first-order valence-electron chi connectivity index (χ1n) is 6.05. The number of rotatable bonds is 4. The number of esters is 1. The zero-order valence-corrected chi connectivity index (χ0v) is 12.4. The average Bonchev–Trinajstić information content (AvgIpc) is 3.00. The Morgan fingerprint density at radius 1 is 1.57 bits per heavy atom. The third kappa shape index (κ3) is 2.77. The number of nitriles is 1. The fourth-order valence-corrected chi connectivity index (χ4v) is 2.97. The van der Waals surface area contributed by atoms with Crippen LogP contribution in [-0.2, 0) is 19.0 Å². The van der Waals surface area contributed by atoms with Crippen molar-refractivity contribution in [3.8, 4) is 6.07 Å². The third-order valence-corrected chi connectivity index (χ3v) is 3.94. The van der Waals surface area contributed by atoms with Gasteiger partial charge in [-0.1, -0.05) is 6.07 Å². The Kier molecular flexibility index (Phi) is 4.62. The summed E-state index contributed by atoms with van der Waals surface area (Å²) in [5, 5.41) is 11.2. The van der Waals surface area contributed by atoms with Crippen molar-refractivity contribution >= 4 is 17.3 Å². The number of carbonyl (C=O) groups is 1. The van der Waals surface area contributed by atoms with Gasteiger partial charge in [0.2, 0.25) is 5.88 Å². The summed E-state index contributed by atoms with van der Waals surface area (Å²) in [6.45, 7) is 0.0612. The molecule has 1 aliphatic heterocycles. The molecule has 1 aliphatic rings. The Labute approximate surface area is 126 Å². The number of hydrogen-bond acceptors (Lipinski definition) is 7. The molecule has 0 amide bonds. The number of hydrogen-bond donors (Lipinski definition) is 1. The molecule has 1 aromatic heterocycles. The van der Waals surface area contributed by atoms with Gasteiger partial charge in [0, 0.05) is 12.0 Å². The first-order valence-corrected chi connectivity index (χ1v) is 6.93. The molecule has 6 nitrogen and oxygen atoms in total. The first-order chi connectivity index (χ1) is 10.1. The molecule has 2 heterocycles. The van der Waals surface area contributed by atoms with E-state index in [4.69, 9.17) is 19.9 Å². The Morgan fingerprint density at radius 3 is 2.86 bits per heavy atom. The number of nitrogens with two attached hydrogens (primary N) is 1. The van der Waals surface area contributed by atoms with Gasteiger partial charge >= 0.3 is 5.97 Å². The number of methoxy groups -OCH3 is 2. The van der Waals surface area contributed by atoms with Gasteiger partial charge in [-0.3, -0.25) is 0 Å². The van der Waals surface area contributed by atoms with E-state index in [0.29, 0.717) is 0 Å². The lowest BCUT2D eigenvalue weighted by Gasteiger charge is -2.26. The predicted molar refractivity (Wildman–Crippen MR) is 75.9 cm³/mol. The molecule has 2 N–H and O–H groups in total. The SMILES string of the molecule is COCC1=C(C(=O)OC)[C@@H](c2cccs2)C(C#N)=C(N)O1. The van der Waals surface area contributed by atoms with Gasteiger partial charge in [-0.05, 0) is 11.4 Å². The minimum absolute atomic E-state index is 0.0180. The molecular weight excluding hydrogens is 292 g/mol. The van der Waals surface area contributed by atoms with E-state index in [1.807, 2.05) is 23.6 Å². The summed E-state index contributed by atoms with van der Waals surface area (Å²) in [5.41, 5.74) is 6.24. The molecular formula is C14H14N2O4S. The number of allylic oxidation sites excluding steroid dienone is 1. The summed E-state index contributed by atoms with van der Waals surface area (Å²) in [6.07, 6.45) is 0. The normalized spacial score (nSPS) is 18.2. The second-order valence-electron chi connectivity index (χ2n) is 4.20. The molecule has 0 aromatic carbocycles. The van der Waals surface area contributed by atoms with Crippen LogP contribution >= 0.6 is 11.3 Å². The molecule has 7 heteroatoms. The summed E-state index contributed by atoms with van der Waals surface area (Å²) in [7, 11) is 2.75. The molecule has 1 aromatic rings. The van der Waals surface area contributed by atoms with E-state index in [9.17, 15) is 10.1 Å². The van der Waals surface area contributed by atoms with Crippen molar-refractivity contribution in [3.63, 3.8) is 0 Å². The van der Waals surface area contributed by atoms with Crippen molar-refractivity contribution in [2.24, 2.45) is 5.73 Å². The lowest BCUT2D eigenvalue weighted by Crippen LogP contribution is -2.26. The predicted octanol–water partition coefficient (Wildman–Crippen LogP) is 1.63. The van der Waals surface area contributed by atoms with Crippen LogP contribution in [-0.4, -0.2) is 26.8 Å². The van der Waals surface area contributed by atoms with Gasteiger partial charge in [-0.15, -0.1) is 11.3 Å². The van der Waals surface area contributed by atoms with E-state index < -0.39 is 11.9 Å². The van der Waals surface area contributed by atoms with Crippen LogP contribution in [0.15, 0.2) is 40.3 Å². The van der Waals surface area contributed by atoms with Crippen molar-refractivity contribution in [2.75, 3.05) is 20.8 Å². The summed E-state index contributed by atoms with van der Waals surface area (Å²) in [5.74, 6) is -0.920. The number of carbonyl (C=O) groups excluding carboxylic acids is 1. The molecule has 0 bridgehead atoms. The van der Waals surface area contributed by atoms with Crippen LogP contribution in [0.5, 0.6) is 0 Å². The number of nitrogens with zero attached hydrogens (tertiary/aromatic N) is 1. The summed E-state index contributed by atoms with van der Waals surface area (Å²) in [4.78, 5) is 13.0. The molecule has 1 atom stereocenters. The fraction of sp³-hybridized carbons (Fsp3) is 0.286. The van der Waals surface area contributed by atoms with Crippen LogP contribution in [0.25, 0.3) is 0 Å². The van der Waals surface area contributed by atoms with Crippen molar-refractivity contribution in [1.82, 2.24) is 0 Å². The van der Waals surface area contributed by atoms with Gasteiger partial charge in [0.25, 0.3) is 0 Å². The summed E-state index contributed by atoms with van der Waals surface area (Å²) < 4.78 is 15.3. The smallest absolute Gasteiger partial charge is 0.338 e. The van der Waals surface area contributed by atoms with Crippen molar-refractivity contribution in [3.05, 3.63) is 45.2 Å². The summed E-state index contributed by atoms with van der Waals surface area (Å²) >= 11 is 1.42. The van der Waals surface area contributed by atoms with Gasteiger partial charge in [0.15, 0.2) is 0 Å². The minimum atomic E-state index is -0.596. The number of ether oxygens (including phenoxy) is 3. The average molecular weight is 306 g/mol. The van der Waals surface area contributed by atoms with E-state index in [1.54, 1.807) is 0 Å². The molecule has 0 aliphatic carbocycles. The minimum Gasteiger partial charge on any atom is -0.466 e. The van der Waals surface area contributed by atoms with E-state index >= 15 is 0 Å². The molecule has 0 saturated carbocycles. The fourth-order valence-electron chi connectivity index (χ4n) is 2.13. The quantitative estimate of drug-likeness (QED) is 0.850. The monoisotopic (exact) mass is 306 g/mol. The molecule has 0 spiro atoms. The van der Waals surface area contributed by atoms with E-state index in [2.05, 4.69) is 0 Å². The van der Waals surface area contributed by atoms with Gasteiger partial charge < -0.3 is 19.9 Å².